The largest absolute Gasteiger partial charge is 0.489 e. The molecule has 0 aromatic heterocycles. The fourth-order valence-corrected chi connectivity index (χ4v) is 3.27. The number of hydrogen-bond acceptors (Lipinski definition) is 7. The average Bonchev–Trinajstić information content (AvgIpc) is 2.76. The highest BCUT2D eigenvalue weighted by molar-refractivity contribution is 5.94. The van der Waals surface area contributed by atoms with Gasteiger partial charge in [-0.25, -0.2) is 0 Å². The normalized spacial score (nSPS) is 26.7. The van der Waals surface area contributed by atoms with Gasteiger partial charge in [-0.3, -0.25) is 4.79 Å². The van der Waals surface area contributed by atoms with E-state index in [4.69, 9.17) is 9.47 Å². The van der Waals surface area contributed by atoms with Crippen LogP contribution in [0.3, 0.4) is 0 Å². The number of carbonyl (C=O) groups is 1. The van der Waals surface area contributed by atoms with Gasteiger partial charge in [0.2, 0.25) is 0 Å². The molecule has 1 amide bonds. The molecule has 0 radical (unpaired) electrons. The Hall–Kier alpha value is -2.49. The van der Waals surface area contributed by atoms with Crippen molar-refractivity contribution in [2.75, 3.05) is 13.7 Å². The molecule has 2 aromatic carbocycles. The molecule has 8 nitrogen and oxygen atoms in total. The maximum Gasteiger partial charge on any atom is 0.251 e. The van der Waals surface area contributed by atoms with E-state index in [1.807, 2.05) is 6.07 Å². The Morgan fingerprint density at radius 3 is 2.55 bits per heavy atom. The van der Waals surface area contributed by atoms with E-state index < -0.39 is 37.1 Å². The van der Waals surface area contributed by atoms with Crippen LogP contribution < -0.4 is 10.1 Å². The van der Waals surface area contributed by atoms with E-state index in [0.717, 1.165) is 5.56 Å². The van der Waals surface area contributed by atoms with Gasteiger partial charge in [0.25, 0.3) is 5.91 Å². The predicted molar refractivity (Wildman–Crippen MR) is 103 cm³/mol. The van der Waals surface area contributed by atoms with E-state index in [0.29, 0.717) is 16.9 Å². The van der Waals surface area contributed by atoms with Gasteiger partial charge in [0, 0.05) is 12.6 Å². The molecule has 0 aliphatic carbocycles. The third-order valence-electron chi connectivity index (χ3n) is 4.90. The lowest BCUT2D eigenvalue weighted by Gasteiger charge is -2.40. The molecule has 8 heteroatoms. The first-order chi connectivity index (χ1) is 13.9. The molecule has 29 heavy (non-hydrogen) atoms. The van der Waals surface area contributed by atoms with Crippen molar-refractivity contribution in [3.63, 3.8) is 0 Å². The van der Waals surface area contributed by atoms with Crippen LogP contribution in [-0.4, -0.2) is 64.4 Å². The van der Waals surface area contributed by atoms with Crippen LogP contribution in [0.1, 0.15) is 27.6 Å². The lowest BCUT2D eigenvalue weighted by Crippen LogP contribution is -2.55. The fourth-order valence-electron chi connectivity index (χ4n) is 3.27. The minimum absolute atomic E-state index is 0.184. The van der Waals surface area contributed by atoms with Crippen LogP contribution in [0, 0.1) is 0 Å². The van der Waals surface area contributed by atoms with Crippen LogP contribution in [0.4, 0.5) is 0 Å². The van der Waals surface area contributed by atoms with Gasteiger partial charge in [-0.2, -0.15) is 0 Å². The van der Waals surface area contributed by atoms with E-state index in [1.54, 1.807) is 49.5 Å². The zero-order valence-corrected chi connectivity index (χ0v) is 15.9. The average molecular weight is 403 g/mol. The van der Waals surface area contributed by atoms with Gasteiger partial charge >= 0.3 is 0 Å². The Labute approximate surface area is 168 Å². The molecule has 156 valence electrons. The zero-order valence-electron chi connectivity index (χ0n) is 15.9. The summed E-state index contributed by atoms with van der Waals surface area (Å²) in [5.41, 5.74) is 1.88. The summed E-state index contributed by atoms with van der Waals surface area (Å²) in [5, 5.41) is 42.1. The maximum absolute atomic E-state index is 11.7. The monoisotopic (exact) mass is 403 g/mol. The van der Waals surface area contributed by atoms with Crippen LogP contribution in [0.5, 0.6) is 5.75 Å². The molecule has 0 bridgehead atoms. The smallest absolute Gasteiger partial charge is 0.251 e. The number of benzene rings is 2. The topological polar surface area (TPSA) is 128 Å². The van der Waals surface area contributed by atoms with Crippen molar-refractivity contribution in [1.82, 2.24) is 5.32 Å². The van der Waals surface area contributed by atoms with Crippen molar-refractivity contribution in [3.8, 4) is 5.75 Å². The van der Waals surface area contributed by atoms with Crippen molar-refractivity contribution < 1.29 is 34.7 Å². The lowest BCUT2D eigenvalue weighted by molar-refractivity contribution is -0.231. The summed E-state index contributed by atoms with van der Waals surface area (Å²) in [7, 11) is 1.57. The second-order valence-electron chi connectivity index (χ2n) is 6.89. The molecule has 3 rings (SSSR count). The Balaban J connectivity index is 1.72. The summed E-state index contributed by atoms with van der Waals surface area (Å²) in [4.78, 5) is 11.7. The highest BCUT2D eigenvalue weighted by atomic mass is 16.5. The standard InChI is InChI=1S/C21H25NO7/c1-22-21(27)14-6-2-4-12(8-14)11-28-15-7-3-5-13(9-15)20-19(26)18(25)17(24)16(10-23)29-20/h2-9,16-20,23-26H,10-11H2,1H3,(H,22,27)/t16-,17-,18+,19+,20?/m1/s1. The number of hydrogen-bond donors (Lipinski definition) is 5. The van der Waals surface area contributed by atoms with Gasteiger partial charge < -0.3 is 35.2 Å². The summed E-state index contributed by atoms with van der Waals surface area (Å²) in [6.45, 7) is -0.262. The SMILES string of the molecule is CNC(=O)c1cccc(COc2cccc(C3O[C@H](CO)[C@@H](O)[C@H](O)[C@@H]3O)c2)c1. The second-order valence-corrected chi connectivity index (χ2v) is 6.89. The summed E-state index contributed by atoms with van der Waals surface area (Å²) in [5.74, 6) is 0.321. The number of nitrogens with one attached hydrogen (secondary N) is 1. The minimum Gasteiger partial charge on any atom is -0.489 e. The van der Waals surface area contributed by atoms with Crippen molar-refractivity contribution in [2.45, 2.75) is 37.1 Å². The molecular weight excluding hydrogens is 378 g/mol. The van der Waals surface area contributed by atoms with Crippen LogP contribution in [0.2, 0.25) is 0 Å². The molecule has 1 fully saturated rings. The van der Waals surface area contributed by atoms with E-state index >= 15 is 0 Å². The van der Waals surface area contributed by atoms with Crippen LogP contribution in [-0.2, 0) is 11.3 Å². The van der Waals surface area contributed by atoms with Gasteiger partial charge in [-0.1, -0.05) is 24.3 Å². The third-order valence-corrected chi connectivity index (χ3v) is 4.90. The lowest BCUT2D eigenvalue weighted by atomic mass is 9.91. The highest BCUT2D eigenvalue weighted by Crippen LogP contribution is 2.33. The molecular formula is C21H25NO7. The van der Waals surface area contributed by atoms with Crippen molar-refractivity contribution in [1.29, 1.82) is 0 Å². The molecule has 1 heterocycles. The Bertz CT molecular complexity index is 841. The van der Waals surface area contributed by atoms with Crippen LogP contribution in [0.15, 0.2) is 48.5 Å². The van der Waals surface area contributed by atoms with Gasteiger partial charge in [0.15, 0.2) is 0 Å². The van der Waals surface area contributed by atoms with Gasteiger partial charge in [0.1, 0.15) is 42.9 Å². The molecule has 1 saturated heterocycles. The van der Waals surface area contributed by atoms with E-state index in [-0.39, 0.29) is 12.5 Å². The first-order valence-corrected chi connectivity index (χ1v) is 9.29. The predicted octanol–water partition coefficient (Wildman–Crippen LogP) is 0.140. The quantitative estimate of drug-likeness (QED) is 0.464. The number of rotatable bonds is 6. The number of ether oxygens (including phenoxy) is 2. The number of amides is 1. The first-order valence-electron chi connectivity index (χ1n) is 9.29. The fraction of sp³-hybridized carbons (Fsp3) is 0.381. The summed E-state index contributed by atoms with van der Waals surface area (Å²) < 4.78 is 11.4. The molecule has 1 aliphatic heterocycles. The Morgan fingerprint density at radius 1 is 1.07 bits per heavy atom. The Kier molecular flexibility index (Phi) is 6.83. The first kappa shape index (κ1) is 21.2. The molecule has 2 aromatic rings. The molecule has 0 saturated carbocycles. The molecule has 0 spiro atoms. The van der Waals surface area contributed by atoms with Crippen molar-refractivity contribution in [2.24, 2.45) is 0 Å². The molecule has 1 unspecified atom stereocenters. The maximum atomic E-state index is 11.7. The Morgan fingerprint density at radius 2 is 1.83 bits per heavy atom. The zero-order chi connectivity index (χ0) is 21.0. The molecule has 5 atom stereocenters. The molecule has 5 N–H and O–H groups in total. The summed E-state index contributed by atoms with van der Waals surface area (Å²) in [6.07, 6.45) is -6.10. The van der Waals surface area contributed by atoms with E-state index in [9.17, 15) is 25.2 Å². The number of aliphatic hydroxyl groups is 4. The number of carbonyl (C=O) groups excluding carboxylic acids is 1. The summed E-state index contributed by atoms with van der Waals surface area (Å²) in [6, 6.07) is 13.9. The highest BCUT2D eigenvalue weighted by Gasteiger charge is 2.43. The second kappa shape index (κ2) is 9.34. The van der Waals surface area contributed by atoms with Gasteiger partial charge in [-0.05, 0) is 35.4 Å². The summed E-state index contributed by atoms with van der Waals surface area (Å²) >= 11 is 0. The van der Waals surface area contributed by atoms with Gasteiger partial charge in [-0.15, -0.1) is 0 Å². The van der Waals surface area contributed by atoms with E-state index in [2.05, 4.69) is 5.32 Å². The van der Waals surface area contributed by atoms with Crippen LogP contribution in [0.25, 0.3) is 0 Å². The minimum atomic E-state index is -1.44. The van der Waals surface area contributed by atoms with Crippen molar-refractivity contribution in [3.05, 3.63) is 65.2 Å². The number of aliphatic hydroxyl groups excluding tert-OH is 4. The third kappa shape index (κ3) is 4.75. The molecule has 1 aliphatic rings. The van der Waals surface area contributed by atoms with E-state index in [1.165, 1.54) is 0 Å². The van der Waals surface area contributed by atoms with Gasteiger partial charge in [0.05, 0.1) is 6.61 Å². The van der Waals surface area contributed by atoms with Crippen molar-refractivity contribution >= 4 is 5.91 Å². The van der Waals surface area contributed by atoms with Crippen LogP contribution >= 0.6 is 0 Å².